The number of aliphatic hydroxyl groups is 1. The lowest BCUT2D eigenvalue weighted by molar-refractivity contribution is 0.238. The van der Waals surface area contributed by atoms with Crippen molar-refractivity contribution < 1.29 is 9.50 Å². The lowest BCUT2D eigenvalue weighted by Crippen LogP contribution is -2.23. The Labute approximate surface area is 107 Å². The van der Waals surface area contributed by atoms with Gasteiger partial charge in [0.2, 0.25) is 0 Å². The number of nitrogens with zero attached hydrogens (tertiary/aromatic N) is 1. The fourth-order valence-electron chi connectivity index (χ4n) is 2.52. The fourth-order valence-corrected chi connectivity index (χ4v) is 2.52. The lowest BCUT2D eigenvalue weighted by Gasteiger charge is -2.24. The second kappa shape index (κ2) is 5.24. The van der Waals surface area contributed by atoms with Crippen LogP contribution in [0.15, 0.2) is 12.1 Å². The highest BCUT2D eigenvalue weighted by molar-refractivity contribution is 5.57. The Morgan fingerprint density at radius 1 is 1.56 bits per heavy atom. The summed E-state index contributed by atoms with van der Waals surface area (Å²) >= 11 is 0. The van der Waals surface area contributed by atoms with E-state index in [1.807, 2.05) is 13.0 Å². The first-order valence-electron chi connectivity index (χ1n) is 6.44. The van der Waals surface area contributed by atoms with E-state index in [9.17, 15) is 9.50 Å². The molecule has 0 bridgehead atoms. The van der Waals surface area contributed by atoms with E-state index in [4.69, 9.17) is 5.73 Å². The quantitative estimate of drug-likeness (QED) is 0.864. The molecular weight excluding hydrogens is 231 g/mol. The molecule has 1 aromatic carbocycles. The van der Waals surface area contributed by atoms with Gasteiger partial charge in [-0.25, -0.2) is 4.39 Å². The van der Waals surface area contributed by atoms with E-state index < -0.39 is 0 Å². The van der Waals surface area contributed by atoms with Gasteiger partial charge >= 0.3 is 0 Å². The van der Waals surface area contributed by atoms with Crippen LogP contribution in [0.3, 0.4) is 0 Å². The van der Waals surface area contributed by atoms with Crippen LogP contribution in [0, 0.1) is 18.7 Å². The smallest absolute Gasteiger partial charge is 0.126 e. The summed E-state index contributed by atoms with van der Waals surface area (Å²) in [7, 11) is 0. The van der Waals surface area contributed by atoms with Gasteiger partial charge in [0.1, 0.15) is 5.82 Å². The maximum absolute atomic E-state index is 13.6. The largest absolute Gasteiger partial charge is 0.396 e. The van der Waals surface area contributed by atoms with Crippen molar-refractivity contribution in [1.29, 1.82) is 0 Å². The van der Waals surface area contributed by atoms with E-state index in [0.29, 0.717) is 11.5 Å². The monoisotopic (exact) mass is 252 g/mol. The summed E-state index contributed by atoms with van der Waals surface area (Å²) in [4.78, 5) is 2.20. The molecule has 1 aromatic rings. The molecule has 4 heteroatoms. The molecule has 3 N–H and O–H groups in total. The molecule has 1 saturated heterocycles. The fraction of sp³-hybridized carbons (Fsp3) is 0.571. The normalized spacial score (nSPS) is 21.4. The number of hydrogen-bond acceptors (Lipinski definition) is 3. The molecule has 0 saturated carbocycles. The third-order valence-corrected chi connectivity index (χ3v) is 3.68. The minimum atomic E-state index is -0.205. The molecule has 18 heavy (non-hydrogen) atoms. The predicted octanol–water partition coefficient (Wildman–Crippen LogP) is 1.97. The van der Waals surface area contributed by atoms with E-state index in [2.05, 4.69) is 4.90 Å². The van der Waals surface area contributed by atoms with Gasteiger partial charge in [0, 0.05) is 37.3 Å². The number of rotatable bonds is 3. The van der Waals surface area contributed by atoms with E-state index in [1.54, 1.807) is 13.0 Å². The first-order valence-corrected chi connectivity index (χ1v) is 6.44. The number of nitrogens with two attached hydrogens (primary N) is 1. The van der Waals surface area contributed by atoms with Gasteiger partial charge in [-0.05, 0) is 43.5 Å². The van der Waals surface area contributed by atoms with Gasteiger partial charge in [0.05, 0.1) is 0 Å². The molecule has 0 spiro atoms. The van der Waals surface area contributed by atoms with Crippen molar-refractivity contribution in [3.05, 3.63) is 29.1 Å². The molecule has 1 aliphatic heterocycles. The second-order valence-electron chi connectivity index (χ2n) is 5.23. The zero-order valence-electron chi connectivity index (χ0n) is 11.0. The van der Waals surface area contributed by atoms with Crippen LogP contribution >= 0.6 is 0 Å². The molecule has 2 atom stereocenters. The molecule has 2 unspecified atom stereocenters. The molecular formula is C14H21FN2O. The maximum atomic E-state index is 13.6. The van der Waals surface area contributed by atoms with E-state index in [0.717, 1.165) is 30.8 Å². The molecule has 1 heterocycles. The molecule has 0 radical (unpaired) electrons. The third-order valence-electron chi connectivity index (χ3n) is 3.68. The molecule has 0 aliphatic carbocycles. The Kier molecular flexibility index (Phi) is 3.88. The number of benzene rings is 1. The highest BCUT2D eigenvalue weighted by Gasteiger charge is 2.25. The third kappa shape index (κ3) is 2.49. The van der Waals surface area contributed by atoms with Crippen molar-refractivity contribution in [3.63, 3.8) is 0 Å². The second-order valence-corrected chi connectivity index (χ2v) is 5.23. The Balaban J connectivity index is 2.34. The van der Waals surface area contributed by atoms with Crippen LogP contribution in [0.2, 0.25) is 0 Å². The average molecular weight is 252 g/mol. The standard InChI is InChI=1S/C14H21FN2O/c1-9-5-14(12(10(2)16)6-13(9)15)17-4-3-11(7-17)8-18/h5-6,10-11,18H,3-4,7-8,16H2,1-2H3. The zero-order chi connectivity index (χ0) is 13.3. The van der Waals surface area contributed by atoms with Gasteiger partial charge in [0.15, 0.2) is 0 Å². The summed E-state index contributed by atoms with van der Waals surface area (Å²) in [6.45, 7) is 5.57. The van der Waals surface area contributed by atoms with Gasteiger partial charge < -0.3 is 15.7 Å². The van der Waals surface area contributed by atoms with E-state index >= 15 is 0 Å². The van der Waals surface area contributed by atoms with Crippen molar-refractivity contribution in [2.75, 3.05) is 24.6 Å². The first kappa shape index (κ1) is 13.3. The maximum Gasteiger partial charge on any atom is 0.126 e. The van der Waals surface area contributed by atoms with Crippen molar-refractivity contribution >= 4 is 5.69 Å². The minimum Gasteiger partial charge on any atom is -0.396 e. The average Bonchev–Trinajstić information content (AvgIpc) is 2.80. The van der Waals surface area contributed by atoms with Crippen LogP contribution in [0.4, 0.5) is 10.1 Å². The van der Waals surface area contributed by atoms with E-state index in [-0.39, 0.29) is 18.5 Å². The van der Waals surface area contributed by atoms with Gasteiger partial charge in [-0.1, -0.05) is 0 Å². The number of aryl methyl sites for hydroxylation is 1. The van der Waals surface area contributed by atoms with Gasteiger partial charge in [0.25, 0.3) is 0 Å². The van der Waals surface area contributed by atoms with Gasteiger partial charge in [-0.2, -0.15) is 0 Å². The molecule has 1 fully saturated rings. The predicted molar refractivity (Wildman–Crippen MR) is 71.1 cm³/mol. The van der Waals surface area contributed by atoms with Gasteiger partial charge in [-0.15, -0.1) is 0 Å². The topological polar surface area (TPSA) is 49.5 Å². The number of aliphatic hydroxyl groups excluding tert-OH is 1. The molecule has 0 amide bonds. The van der Waals surface area contributed by atoms with Crippen LogP contribution in [-0.4, -0.2) is 24.8 Å². The highest BCUT2D eigenvalue weighted by atomic mass is 19.1. The molecule has 1 aliphatic rings. The Bertz CT molecular complexity index is 434. The summed E-state index contributed by atoms with van der Waals surface area (Å²) < 4.78 is 13.6. The van der Waals surface area contributed by atoms with Gasteiger partial charge in [-0.3, -0.25) is 0 Å². The lowest BCUT2D eigenvalue weighted by atomic mass is 10.0. The Morgan fingerprint density at radius 2 is 2.28 bits per heavy atom. The van der Waals surface area contributed by atoms with Crippen molar-refractivity contribution in [1.82, 2.24) is 0 Å². The first-order chi connectivity index (χ1) is 8.52. The SMILES string of the molecule is Cc1cc(N2CCC(CO)C2)c(C(C)N)cc1F. The highest BCUT2D eigenvalue weighted by Crippen LogP contribution is 2.32. The number of hydrogen-bond donors (Lipinski definition) is 2. The van der Waals surface area contributed by atoms with Crippen molar-refractivity contribution in [2.24, 2.45) is 11.7 Å². The van der Waals surface area contributed by atoms with Crippen LogP contribution < -0.4 is 10.6 Å². The summed E-state index contributed by atoms with van der Waals surface area (Å²) in [6.07, 6.45) is 0.977. The van der Waals surface area contributed by atoms with E-state index in [1.165, 1.54) is 0 Å². The zero-order valence-corrected chi connectivity index (χ0v) is 11.0. The molecule has 2 rings (SSSR count). The van der Waals surface area contributed by atoms with Crippen LogP contribution in [-0.2, 0) is 0 Å². The Hall–Kier alpha value is -1.13. The summed E-state index contributed by atoms with van der Waals surface area (Å²) in [6, 6.07) is 3.22. The molecule has 0 aromatic heterocycles. The van der Waals surface area contributed by atoms with Crippen LogP contribution in [0.5, 0.6) is 0 Å². The molecule has 3 nitrogen and oxygen atoms in total. The van der Waals surface area contributed by atoms with Crippen LogP contribution in [0.25, 0.3) is 0 Å². The van der Waals surface area contributed by atoms with Crippen molar-refractivity contribution in [3.8, 4) is 0 Å². The molecule has 100 valence electrons. The Morgan fingerprint density at radius 3 is 2.83 bits per heavy atom. The number of halogens is 1. The minimum absolute atomic E-state index is 0.191. The summed E-state index contributed by atoms with van der Waals surface area (Å²) in [5, 5.41) is 9.20. The van der Waals surface area contributed by atoms with Crippen molar-refractivity contribution in [2.45, 2.75) is 26.3 Å². The van der Waals surface area contributed by atoms with Crippen LogP contribution in [0.1, 0.15) is 30.5 Å². The summed E-state index contributed by atoms with van der Waals surface area (Å²) in [5.74, 6) is 0.111. The number of anilines is 1. The summed E-state index contributed by atoms with van der Waals surface area (Å²) in [5.41, 5.74) is 8.42.